The van der Waals surface area contributed by atoms with Gasteiger partial charge in [0, 0.05) is 62.0 Å². The second-order valence-corrected chi connectivity index (χ2v) is 17.8. The van der Waals surface area contributed by atoms with Crippen molar-refractivity contribution in [2.24, 2.45) is 0 Å². The first-order valence-corrected chi connectivity index (χ1v) is 22.0. The highest BCUT2D eigenvalue weighted by Gasteiger charge is 2.44. The third-order valence-corrected chi connectivity index (χ3v) is 13.1. The molecule has 0 spiro atoms. The zero-order valence-corrected chi connectivity index (χ0v) is 35.7. The van der Waals surface area contributed by atoms with Crippen LogP contribution in [0, 0.1) is 0 Å². The smallest absolute Gasteiger partial charge is 0.252 e. The summed E-state index contributed by atoms with van der Waals surface area (Å²) in [4.78, 5) is 7.42. The zero-order chi connectivity index (χ0) is 42.2. The molecule has 9 aromatic carbocycles. The average molecular weight is 809 g/mol. The van der Waals surface area contributed by atoms with Gasteiger partial charge in [0.05, 0.1) is 16.7 Å². The molecule has 0 radical (unpaired) electrons. The monoisotopic (exact) mass is 808 g/mol. The Morgan fingerprint density at radius 3 is 1.48 bits per heavy atom. The van der Waals surface area contributed by atoms with Crippen molar-refractivity contribution in [1.82, 2.24) is 4.57 Å². The lowest BCUT2D eigenvalue weighted by molar-refractivity contribution is 0.590. The van der Waals surface area contributed by atoms with Crippen molar-refractivity contribution in [3.63, 3.8) is 0 Å². The highest BCUT2D eigenvalue weighted by molar-refractivity contribution is 7.00. The van der Waals surface area contributed by atoms with Crippen LogP contribution in [0.5, 0.6) is 0 Å². The summed E-state index contributed by atoms with van der Waals surface area (Å²) in [6.45, 7) is 6.85. The van der Waals surface area contributed by atoms with Crippen molar-refractivity contribution in [2.45, 2.75) is 26.2 Å². The molecule has 0 fully saturated rings. The van der Waals surface area contributed by atoms with Crippen LogP contribution in [0.25, 0.3) is 27.5 Å². The summed E-state index contributed by atoms with van der Waals surface area (Å²) in [6, 6.07) is 80.4. The molecule has 0 saturated heterocycles. The molecule has 0 amide bonds. The van der Waals surface area contributed by atoms with E-state index in [1.165, 1.54) is 66.5 Å². The van der Waals surface area contributed by atoms with Gasteiger partial charge in [-0.15, -0.1) is 0 Å². The molecule has 0 unspecified atom stereocenters. The molecule has 300 valence electrons. The highest BCUT2D eigenvalue weighted by Crippen LogP contribution is 2.48. The van der Waals surface area contributed by atoms with E-state index < -0.39 is 0 Å². The SMILES string of the molecule is CC(C)(C)c1ccc(N2c3cc(N(c4ccccc4)c4ccccc4)ccc3B3c4ccccc4N(c4ccccc4)c4cc(-n5c6ccccc6c6ccccc65)cc2c43)cc1. The number of aromatic nitrogens is 1. The lowest BCUT2D eigenvalue weighted by Gasteiger charge is -2.44. The maximum Gasteiger partial charge on any atom is 0.252 e. The van der Waals surface area contributed by atoms with Crippen molar-refractivity contribution in [1.29, 1.82) is 0 Å². The van der Waals surface area contributed by atoms with Crippen LogP contribution in [0.4, 0.5) is 51.2 Å². The average Bonchev–Trinajstić information content (AvgIpc) is 3.66. The van der Waals surface area contributed by atoms with Gasteiger partial charge in [-0.2, -0.15) is 0 Å². The van der Waals surface area contributed by atoms with Crippen LogP contribution < -0.4 is 31.1 Å². The Bertz CT molecular complexity index is 3240. The number of rotatable bonds is 6. The molecule has 4 nitrogen and oxygen atoms in total. The molecular formula is C58H45BN4. The summed E-state index contributed by atoms with van der Waals surface area (Å²) in [5, 5.41) is 2.49. The van der Waals surface area contributed by atoms with Crippen molar-refractivity contribution in [3.05, 3.63) is 224 Å². The van der Waals surface area contributed by atoms with E-state index in [-0.39, 0.29) is 12.1 Å². The van der Waals surface area contributed by atoms with Gasteiger partial charge in [-0.05, 0) is 118 Å². The van der Waals surface area contributed by atoms with Gasteiger partial charge in [-0.25, -0.2) is 0 Å². The van der Waals surface area contributed by atoms with Crippen LogP contribution in [0.1, 0.15) is 26.3 Å². The summed E-state index contributed by atoms with van der Waals surface area (Å²) in [6.07, 6.45) is 0. The molecule has 2 aliphatic heterocycles. The van der Waals surface area contributed by atoms with Gasteiger partial charge in [0.1, 0.15) is 0 Å². The minimum atomic E-state index is -0.0191. The van der Waals surface area contributed by atoms with Crippen molar-refractivity contribution in [2.75, 3.05) is 14.7 Å². The van der Waals surface area contributed by atoms with Gasteiger partial charge in [-0.3, -0.25) is 0 Å². The van der Waals surface area contributed by atoms with Crippen molar-refractivity contribution >= 4 is 96.1 Å². The van der Waals surface area contributed by atoms with E-state index in [1.54, 1.807) is 0 Å². The van der Waals surface area contributed by atoms with Gasteiger partial charge in [0.15, 0.2) is 0 Å². The Labute approximate surface area is 369 Å². The third-order valence-electron chi connectivity index (χ3n) is 13.1. The topological polar surface area (TPSA) is 14.7 Å². The summed E-state index contributed by atoms with van der Waals surface area (Å²) in [5.74, 6) is 0. The van der Waals surface area contributed by atoms with Gasteiger partial charge in [0.2, 0.25) is 0 Å². The molecular weight excluding hydrogens is 763 g/mol. The van der Waals surface area contributed by atoms with E-state index in [1.807, 2.05) is 0 Å². The molecule has 3 heterocycles. The zero-order valence-electron chi connectivity index (χ0n) is 35.7. The molecule has 0 bridgehead atoms. The molecule has 63 heavy (non-hydrogen) atoms. The van der Waals surface area contributed by atoms with Crippen molar-refractivity contribution < 1.29 is 0 Å². The minimum absolute atomic E-state index is 0.0119. The predicted octanol–water partition coefficient (Wildman–Crippen LogP) is 13.6. The summed E-state index contributed by atoms with van der Waals surface area (Å²) in [5.41, 5.74) is 19.0. The molecule has 2 aliphatic rings. The number of anilines is 9. The van der Waals surface area contributed by atoms with Gasteiger partial charge in [0.25, 0.3) is 6.71 Å². The normalized spacial score (nSPS) is 12.9. The van der Waals surface area contributed by atoms with Gasteiger partial charge >= 0.3 is 0 Å². The van der Waals surface area contributed by atoms with E-state index in [4.69, 9.17) is 0 Å². The van der Waals surface area contributed by atoms with Crippen LogP contribution in [0.3, 0.4) is 0 Å². The minimum Gasteiger partial charge on any atom is -0.311 e. The van der Waals surface area contributed by atoms with Crippen LogP contribution in [-0.4, -0.2) is 11.3 Å². The van der Waals surface area contributed by atoms with Gasteiger partial charge < -0.3 is 19.3 Å². The standard InChI is InChI=1S/C58H45BN4/c1-58(2,3)40-31-33-44(34-32-40)62-54-37-45(60(41-19-7-4-8-20-41)42-21-9-5-10-22-42)35-36-50(54)59-49-27-15-18-30-53(49)61(43-23-11-6-12-24-43)55-38-46(39-56(62)57(55)59)63-51-28-16-13-25-47(51)48-26-14-17-29-52(48)63/h4-39H,1-3H3. The largest absolute Gasteiger partial charge is 0.311 e. The maximum absolute atomic E-state index is 2.54. The molecule has 10 aromatic rings. The summed E-state index contributed by atoms with van der Waals surface area (Å²) in [7, 11) is 0. The molecule has 0 aliphatic carbocycles. The van der Waals surface area contributed by atoms with Crippen LogP contribution in [-0.2, 0) is 5.41 Å². The number of hydrogen-bond acceptors (Lipinski definition) is 3. The Morgan fingerprint density at radius 1 is 0.381 bits per heavy atom. The lowest BCUT2D eigenvalue weighted by atomic mass is 9.33. The number of nitrogens with zero attached hydrogens (tertiary/aromatic N) is 4. The fourth-order valence-corrected chi connectivity index (χ4v) is 10.2. The maximum atomic E-state index is 2.54. The molecule has 0 atom stereocenters. The van der Waals surface area contributed by atoms with E-state index in [9.17, 15) is 0 Å². The Morgan fingerprint density at radius 2 is 0.873 bits per heavy atom. The summed E-state index contributed by atoms with van der Waals surface area (Å²) >= 11 is 0. The Kier molecular flexibility index (Phi) is 8.48. The van der Waals surface area contributed by atoms with E-state index in [2.05, 4.69) is 258 Å². The van der Waals surface area contributed by atoms with Crippen LogP contribution in [0.2, 0.25) is 0 Å². The lowest BCUT2D eigenvalue weighted by Crippen LogP contribution is -2.61. The van der Waals surface area contributed by atoms with E-state index >= 15 is 0 Å². The first kappa shape index (κ1) is 37.0. The molecule has 5 heteroatoms. The second kappa shape index (κ2) is 14.4. The van der Waals surface area contributed by atoms with Gasteiger partial charge in [-0.1, -0.05) is 148 Å². The first-order valence-electron chi connectivity index (χ1n) is 22.0. The van der Waals surface area contributed by atoms with Crippen LogP contribution in [0.15, 0.2) is 218 Å². The fourth-order valence-electron chi connectivity index (χ4n) is 10.2. The number of benzene rings is 9. The Balaban J connectivity index is 1.20. The number of para-hydroxylation sites is 6. The first-order chi connectivity index (χ1) is 30.9. The molecule has 12 rings (SSSR count). The summed E-state index contributed by atoms with van der Waals surface area (Å²) < 4.78 is 2.47. The predicted molar refractivity (Wildman–Crippen MR) is 268 cm³/mol. The molecule has 0 N–H and O–H groups in total. The number of hydrogen-bond donors (Lipinski definition) is 0. The quantitative estimate of drug-likeness (QED) is 0.156. The van der Waals surface area contributed by atoms with E-state index in [0.717, 1.165) is 34.1 Å². The molecule has 0 saturated carbocycles. The highest BCUT2D eigenvalue weighted by atomic mass is 15.2. The van der Waals surface area contributed by atoms with Crippen LogP contribution >= 0.6 is 0 Å². The number of fused-ring (bicyclic) bond motifs is 7. The third kappa shape index (κ3) is 5.91. The Hall–Kier alpha value is -7.76. The second-order valence-electron chi connectivity index (χ2n) is 17.8. The fraction of sp³-hybridized carbons (Fsp3) is 0.0690. The van der Waals surface area contributed by atoms with E-state index in [0.29, 0.717) is 0 Å². The molecule has 1 aromatic heterocycles. The van der Waals surface area contributed by atoms with Crippen molar-refractivity contribution in [3.8, 4) is 5.69 Å².